The SMILES string of the molecule is COc1cc(C=C2N=C(c3ccc(Cl)cc3Cl)OC2=O)ccc1OC(C)=O. The summed E-state index contributed by atoms with van der Waals surface area (Å²) in [6, 6.07) is 9.62. The Morgan fingerprint density at radius 2 is 1.93 bits per heavy atom. The second-order valence-electron chi connectivity index (χ2n) is 5.46. The van der Waals surface area contributed by atoms with Gasteiger partial charge in [0.15, 0.2) is 17.2 Å². The molecule has 0 aliphatic carbocycles. The van der Waals surface area contributed by atoms with Gasteiger partial charge in [-0.2, -0.15) is 0 Å². The highest BCUT2D eigenvalue weighted by Crippen LogP contribution is 2.30. The van der Waals surface area contributed by atoms with Crippen LogP contribution in [0.3, 0.4) is 0 Å². The molecule has 27 heavy (non-hydrogen) atoms. The van der Waals surface area contributed by atoms with Crippen molar-refractivity contribution in [2.24, 2.45) is 4.99 Å². The van der Waals surface area contributed by atoms with E-state index in [0.29, 0.717) is 26.9 Å². The van der Waals surface area contributed by atoms with E-state index >= 15 is 0 Å². The Hall–Kier alpha value is -2.83. The van der Waals surface area contributed by atoms with Crippen LogP contribution in [0.15, 0.2) is 47.1 Å². The number of benzene rings is 2. The topological polar surface area (TPSA) is 74.2 Å². The lowest BCUT2D eigenvalue weighted by Crippen LogP contribution is -2.06. The summed E-state index contributed by atoms with van der Waals surface area (Å²) in [5.74, 6) is -0.363. The Morgan fingerprint density at radius 3 is 2.59 bits per heavy atom. The van der Waals surface area contributed by atoms with Crippen molar-refractivity contribution >= 4 is 47.1 Å². The number of hydrogen-bond donors (Lipinski definition) is 0. The molecule has 138 valence electrons. The van der Waals surface area contributed by atoms with E-state index in [-0.39, 0.29) is 17.3 Å². The number of esters is 2. The summed E-state index contributed by atoms with van der Waals surface area (Å²) < 4.78 is 15.5. The van der Waals surface area contributed by atoms with Gasteiger partial charge < -0.3 is 14.2 Å². The average Bonchev–Trinajstić information content (AvgIpc) is 2.96. The molecule has 6 nitrogen and oxygen atoms in total. The molecule has 3 rings (SSSR count). The smallest absolute Gasteiger partial charge is 0.363 e. The molecule has 0 unspecified atom stereocenters. The van der Waals surface area contributed by atoms with Crippen molar-refractivity contribution in [1.29, 1.82) is 0 Å². The zero-order valence-corrected chi connectivity index (χ0v) is 15.8. The van der Waals surface area contributed by atoms with Crippen molar-refractivity contribution in [3.8, 4) is 11.5 Å². The standard InChI is InChI=1S/C19H13Cl2NO5/c1-10(23)26-16-6-3-11(8-17(16)25-2)7-15-19(24)27-18(22-15)13-5-4-12(20)9-14(13)21/h3-9H,1-2H3. The fourth-order valence-corrected chi connectivity index (χ4v) is 2.85. The summed E-state index contributed by atoms with van der Waals surface area (Å²) in [6.07, 6.45) is 1.53. The quantitative estimate of drug-likeness (QED) is 0.431. The largest absolute Gasteiger partial charge is 0.493 e. The molecule has 2 aromatic carbocycles. The first-order valence-electron chi connectivity index (χ1n) is 7.72. The van der Waals surface area contributed by atoms with Crippen LogP contribution in [0.2, 0.25) is 10.0 Å². The summed E-state index contributed by atoms with van der Waals surface area (Å²) in [6.45, 7) is 1.29. The minimum Gasteiger partial charge on any atom is -0.493 e. The highest BCUT2D eigenvalue weighted by molar-refractivity contribution is 6.37. The second kappa shape index (κ2) is 7.82. The number of rotatable bonds is 4. The molecule has 0 aromatic heterocycles. The predicted molar refractivity (Wildman–Crippen MR) is 101 cm³/mol. The molecule has 0 saturated carbocycles. The highest BCUT2D eigenvalue weighted by atomic mass is 35.5. The van der Waals surface area contributed by atoms with Crippen LogP contribution in [-0.4, -0.2) is 24.9 Å². The number of carbonyl (C=O) groups excluding carboxylic acids is 2. The van der Waals surface area contributed by atoms with Crippen molar-refractivity contribution in [3.05, 3.63) is 63.3 Å². The molecule has 1 aliphatic rings. The summed E-state index contributed by atoms with van der Waals surface area (Å²) >= 11 is 12.0. The third-order valence-corrected chi connectivity index (χ3v) is 4.07. The molecule has 0 amide bonds. The van der Waals surface area contributed by atoms with Gasteiger partial charge in [0, 0.05) is 11.9 Å². The average molecular weight is 406 g/mol. The van der Waals surface area contributed by atoms with Crippen LogP contribution >= 0.6 is 23.2 Å². The van der Waals surface area contributed by atoms with E-state index in [1.54, 1.807) is 30.3 Å². The van der Waals surface area contributed by atoms with E-state index in [1.165, 1.54) is 26.2 Å². The molecular weight excluding hydrogens is 393 g/mol. The second-order valence-corrected chi connectivity index (χ2v) is 6.31. The Balaban J connectivity index is 1.93. The number of ether oxygens (including phenoxy) is 3. The molecule has 0 atom stereocenters. The van der Waals surface area contributed by atoms with Crippen molar-refractivity contribution in [2.75, 3.05) is 7.11 Å². The van der Waals surface area contributed by atoms with Crippen LogP contribution in [0.1, 0.15) is 18.1 Å². The summed E-state index contributed by atoms with van der Waals surface area (Å²) in [7, 11) is 1.45. The molecule has 1 aliphatic heterocycles. The van der Waals surface area contributed by atoms with Gasteiger partial charge in [-0.3, -0.25) is 4.79 Å². The number of aliphatic imine (C=N–C) groups is 1. The molecule has 2 aromatic rings. The van der Waals surface area contributed by atoms with E-state index in [2.05, 4.69) is 4.99 Å². The third kappa shape index (κ3) is 4.30. The van der Waals surface area contributed by atoms with Crippen molar-refractivity contribution in [2.45, 2.75) is 6.92 Å². The Labute approximate surface area is 165 Å². The number of nitrogens with zero attached hydrogens (tertiary/aromatic N) is 1. The van der Waals surface area contributed by atoms with Crippen LogP contribution in [-0.2, 0) is 14.3 Å². The summed E-state index contributed by atoms with van der Waals surface area (Å²) in [4.78, 5) is 27.5. The normalized spacial score (nSPS) is 14.7. The van der Waals surface area contributed by atoms with Crippen LogP contribution in [0.5, 0.6) is 11.5 Å². The van der Waals surface area contributed by atoms with E-state index in [1.807, 2.05) is 0 Å². The maximum absolute atomic E-state index is 12.1. The number of cyclic esters (lactones) is 1. The molecule has 0 saturated heterocycles. The first kappa shape index (κ1) is 18.9. The number of carbonyl (C=O) groups is 2. The van der Waals surface area contributed by atoms with E-state index < -0.39 is 11.9 Å². The van der Waals surface area contributed by atoms with Crippen molar-refractivity contribution < 1.29 is 23.8 Å². The van der Waals surface area contributed by atoms with Gasteiger partial charge in [-0.15, -0.1) is 0 Å². The number of halogens is 2. The Kier molecular flexibility index (Phi) is 5.48. The van der Waals surface area contributed by atoms with Crippen LogP contribution in [0.25, 0.3) is 6.08 Å². The van der Waals surface area contributed by atoms with Gasteiger partial charge in [0.1, 0.15) is 0 Å². The molecular formula is C19H13Cl2NO5. The van der Waals surface area contributed by atoms with Gasteiger partial charge in [-0.25, -0.2) is 9.79 Å². The maximum Gasteiger partial charge on any atom is 0.363 e. The van der Waals surface area contributed by atoms with Gasteiger partial charge in [0.25, 0.3) is 0 Å². The highest BCUT2D eigenvalue weighted by Gasteiger charge is 2.25. The summed E-state index contributed by atoms with van der Waals surface area (Å²) in [5.41, 5.74) is 1.17. The van der Waals surface area contributed by atoms with Gasteiger partial charge >= 0.3 is 11.9 Å². The first-order valence-corrected chi connectivity index (χ1v) is 8.47. The molecule has 0 spiro atoms. The number of methoxy groups -OCH3 is 1. The molecule has 0 fully saturated rings. The minimum atomic E-state index is -0.612. The summed E-state index contributed by atoms with van der Waals surface area (Å²) in [5, 5.41) is 0.784. The minimum absolute atomic E-state index is 0.0939. The van der Waals surface area contributed by atoms with Gasteiger partial charge in [0.05, 0.1) is 17.7 Å². The lowest BCUT2D eigenvalue weighted by molar-refractivity contribution is -0.132. The molecule has 0 N–H and O–H groups in total. The fourth-order valence-electron chi connectivity index (χ4n) is 2.36. The van der Waals surface area contributed by atoms with Gasteiger partial charge in [0.2, 0.25) is 5.90 Å². The molecule has 1 heterocycles. The van der Waals surface area contributed by atoms with Crippen LogP contribution in [0, 0.1) is 0 Å². The zero-order chi connectivity index (χ0) is 19.6. The Morgan fingerprint density at radius 1 is 1.15 bits per heavy atom. The van der Waals surface area contributed by atoms with E-state index in [0.717, 1.165) is 0 Å². The monoisotopic (exact) mass is 405 g/mol. The first-order chi connectivity index (χ1) is 12.9. The maximum atomic E-state index is 12.1. The van der Waals surface area contributed by atoms with Crippen LogP contribution < -0.4 is 9.47 Å². The molecule has 8 heteroatoms. The van der Waals surface area contributed by atoms with Crippen molar-refractivity contribution in [1.82, 2.24) is 0 Å². The fraction of sp³-hybridized carbons (Fsp3) is 0.105. The van der Waals surface area contributed by atoms with Crippen molar-refractivity contribution in [3.63, 3.8) is 0 Å². The predicted octanol–water partition coefficient (Wildman–Crippen LogP) is 4.27. The van der Waals surface area contributed by atoms with Gasteiger partial charge in [-0.05, 0) is 42.0 Å². The van der Waals surface area contributed by atoms with Gasteiger partial charge in [-0.1, -0.05) is 29.3 Å². The Bertz CT molecular complexity index is 998. The molecule has 0 radical (unpaired) electrons. The number of hydrogen-bond acceptors (Lipinski definition) is 6. The molecule has 0 bridgehead atoms. The van der Waals surface area contributed by atoms with E-state index in [4.69, 9.17) is 37.4 Å². The van der Waals surface area contributed by atoms with Crippen LogP contribution in [0.4, 0.5) is 0 Å². The van der Waals surface area contributed by atoms with E-state index in [9.17, 15) is 9.59 Å². The third-order valence-electron chi connectivity index (χ3n) is 3.53. The lowest BCUT2D eigenvalue weighted by Gasteiger charge is -2.08. The zero-order valence-electron chi connectivity index (χ0n) is 14.3. The lowest BCUT2D eigenvalue weighted by atomic mass is 10.1.